The van der Waals surface area contributed by atoms with E-state index in [1.165, 1.54) is 18.3 Å². The summed E-state index contributed by atoms with van der Waals surface area (Å²) in [5.74, 6) is -1.03. The first-order valence-corrected chi connectivity index (χ1v) is 6.53. The van der Waals surface area contributed by atoms with Crippen molar-refractivity contribution in [3.05, 3.63) is 57.6 Å². The molecule has 0 heterocycles. The van der Waals surface area contributed by atoms with E-state index in [1.54, 1.807) is 18.2 Å². The highest BCUT2D eigenvalue weighted by Gasteiger charge is 2.07. The van der Waals surface area contributed by atoms with Gasteiger partial charge in [0.05, 0.1) is 16.3 Å². The SMILES string of the molecule is O=C(NN=Cc1cccc(Cl)c1Cl)c1cc(O)cc(O)c1. The maximum absolute atomic E-state index is 11.8. The fourth-order valence-electron chi connectivity index (χ4n) is 1.57. The van der Waals surface area contributed by atoms with Crippen LogP contribution < -0.4 is 5.43 Å². The van der Waals surface area contributed by atoms with Gasteiger partial charge in [0.1, 0.15) is 11.5 Å². The summed E-state index contributed by atoms with van der Waals surface area (Å²) < 4.78 is 0. The molecule has 2 aromatic carbocycles. The van der Waals surface area contributed by atoms with Crippen molar-refractivity contribution in [3.63, 3.8) is 0 Å². The lowest BCUT2D eigenvalue weighted by Gasteiger charge is -2.03. The molecule has 1 amide bonds. The van der Waals surface area contributed by atoms with Crippen molar-refractivity contribution in [1.29, 1.82) is 0 Å². The number of nitrogens with zero attached hydrogens (tertiary/aromatic N) is 1. The van der Waals surface area contributed by atoms with Crippen LogP contribution in [0.1, 0.15) is 15.9 Å². The number of phenols is 2. The molecule has 5 nitrogen and oxygen atoms in total. The summed E-state index contributed by atoms with van der Waals surface area (Å²) in [5, 5.41) is 23.1. The molecule has 21 heavy (non-hydrogen) atoms. The van der Waals surface area contributed by atoms with Gasteiger partial charge < -0.3 is 10.2 Å². The van der Waals surface area contributed by atoms with E-state index >= 15 is 0 Å². The molecule has 0 aliphatic carbocycles. The molecule has 7 heteroatoms. The van der Waals surface area contributed by atoms with E-state index in [0.29, 0.717) is 15.6 Å². The van der Waals surface area contributed by atoms with Gasteiger partial charge in [-0.1, -0.05) is 35.3 Å². The van der Waals surface area contributed by atoms with E-state index in [1.807, 2.05) is 0 Å². The Labute approximate surface area is 130 Å². The summed E-state index contributed by atoms with van der Waals surface area (Å²) in [6.07, 6.45) is 1.34. The molecule has 108 valence electrons. The maximum atomic E-state index is 11.8. The highest BCUT2D eigenvalue weighted by atomic mass is 35.5. The van der Waals surface area contributed by atoms with Crippen molar-refractivity contribution in [2.75, 3.05) is 0 Å². The summed E-state index contributed by atoms with van der Waals surface area (Å²) in [4.78, 5) is 11.8. The topological polar surface area (TPSA) is 81.9 Å². The zero-order valence-corrected chi connectivity index (χ0v) is 12.1. The fourth-order valence-corrected chi connectivity index (χ4v) is 1.93. The average Bonchev–Trinajstić information content (AvgIpc) is 2.42. The highest BCUT2D eigenvalue weighted by molar-refractivity contribution is 6.43. The minimum Gasteiger partial charge on any atom is -0.508 e. The quantitative estimate of drug-likeness (QED) is 0.599. The molecule has 0 fully saturated rings. The molecular weight excluding hydrogens is 315 g/mol. The number of hydrazone groups is 1. The Morgan fingerprint density at radius 2 is 1.81 bits per heavy atom. The van der Waals surface area contributed by atoms with Crippen molar-refractivity contribution in [1.82, 2.24) is 5.43 Å². The molecule has 0 spiro atoms. The first-order chi connectivity index (χ1) is 9.97. The van der Waals surface area contributed by atoms with Crippen LogP contribution in [0.5, 0.6) is 11.5 Å². The third-order valence-electron chi connectivity index (χ3n) is 2.52. The summed E-state index contributed by atoms with van der Waals surface area (Å²) >= 11 is 11.8. The number of hydrogen-bond acceptors (Lipinski definition) is 4. The molecule has 3 N–H and O–H groups in total. The molecule has 0 bridgehead atoms. The summed E-state index contributed by atoms with van der Waals surface area (Å²) in [7, 11) is 0. The lowest BCUT2D eigenvalue weighted by Crippen LogP contribution is -2.17. The zero-order valence-electron chi connectivity index (χ0n) is 10.5. The maximum Gasteiger partial charge on any atom is 0.271 e. The highest BCUT2D eigenvalue weighted by Crippen LogP contribution is 2.24. The molecule has 0 radical (unpaired) electrons. The van der Waals surface area contributed by atoms with Crippen LogP contribution in [-0.2, 0) is 0 Å². The van der Waals surface area contributed by atoms with E-state index in [2.05, 4.69) is 10.5 Å². The molecule has 0 aromatic heterocycles. The summed E-state index contributed by atoms with van der Waals surface area (Å²) in [5.41, 5.74) is 2.87. The predicted octanol–water partition coefficient (Wildman–Crippen LogP) is 3.17. The third kappa shape index (κ3) is 3.87. The smallest absolute Gasteiger partial charge is 0.271 e. The predicted molar refractivity (Wildman–Crippen MR) is 81.3 cm³/mol. The Bertz CT molecular complexity index is 697. The standard InChI is InChI=1S/C14H10Cl2N2O3/c15-12-3-1-2-8(13(12)16)7-17-18-14(21)9-4-10(19)6-11(20)5-9/h1-7,19-20H,(H,18,21). The molecule has 0 saturated carbocycles. The monoisotopic (exact) mass is 324 g/mol. The van der Waals surface area contributed by atoms with Gasteiger partial charge in [-0.15, -0.1) is 0 Å². The van der Waals surface area contributed by atoms with Crippen LogP contribution in [0.25, 0.3) is 0 Å². The Balaban J connectivity index is 2.10. The minimum atomic E-state index is -0.587. The first-order valence-electron chi connectivity index (χ1n) is 5.78. The summed E-state index contributed by atoms with van der Waals surface area (Å²) in [6, 6.07) is 8.55. The van der Waals surface area contributed by atoms with E-state index < -0.39 is 5.91 Å². The van der Waals surface area contributed by atoms with Crippen molar-refractivity contribution < 1.29 is 15.0 Å². The van der Waals surface area contributed by atoms with Crippen molar-refractivity contribution in [2.24, 2.45) is 5.10 Å². The average molecular weight is 325 g/mol. The molecule has 0 saturated heterocycles. The Hall–Kier alpha value is -2.24. The molecular formula is C14H10Cl2N2O3. The second-order valence-electron chi connectivity index (χ2n) is 4.08. The van der Waals surface area contributed by atoms with Gasteiger partial charge in [-0.3, -0.25) is 4.79 Å². The number of rotatable bonds is 3. The van der Waals surface area contributed by atoms with Crippen LogP contribution in [0.4, 0.5) is 0 Å². The number of nitrogens with one attached hydrogen (secondary N) is 1. The lowest BCUT2D eigenvalue weighted by molar-refractivity contribution is 0.0954. The van der Waals surface area contributed by atoms with Gasteiger partial charge in [-0.2, -0.15) is 5.10 Å². The third-order valence-corrected chi connectivity index (χ3v) is 3.35. The second kappa shape index (κ2) is 6.47. The van der Waals surface area contributed by atoms with E-state index in [0.717, 1.165) is 6.07 Å². The number of phenolic OH excluding ortho intramolecular Hbond substituents is 2. The van der Waals surface area contributed by atoms with Gasteiger partial charge in [0.2, 0.25) is 0 Å². The van der Waals surface area contributed by atoms with Crippen LogP contribution >= 0.6 is 23.2 Å². The largest absolute Gasteiger partial charge is 0.508 e. The van der Waals surface area contributed by atoms with Crippen molar-refractivity contribution >= 4 is 35.3 Å². The Morgan fingerprint density at radius 1 is 1.14 bits per heavy atom. The molecule has 2 rings (SSSR count). The molecule has 0 aliphatic heterocycles. The van der Waals surface area contributed by atoms with Gasteiger partial charge in [-0.05, 0) is 18.2 Å². The zero-order chi connectivity index (χ0) is 15.4. The number of aromatic hydroxyl groups is 2. The molecule has 0 aliphatic rings. The van der Waals surface area contributed by atoms with Crippen LogP contribution in [0.2, 0.25) is 10.0 Å². The Kier molecular flexibility index (Phi) is 4.67. The van der Waals surface area contributed by atoms with Crippen LogP contribution in [0, 0.1) is 0 Å². The Morgan fingerprint density at radius 3 is 2.48 bits per heavy atom. The lowest BCUT2D eigenvalue weighted by atomic mass is 10.2. The first kappa shape index (κ1) is 15.2. The minimum absolute atomic E-state index is 0.0711. The van der Waals surface area contributed by atoms with Gasteiger partial charge in [0.25, 0.3) is 5.91 Å². The van der Waals surface area contributed by atoms with Crippen molar-refractivity contribution in [2.45, 2.75) is 0 Å². The van der Waals surface area contributed by atoms with E-state index in [9.17, 15) is 15.0 Å². The number of benzene rings is 2. The molecule has 0 atom stereocenters. The van der Waals surface area contributed by atoms with E-state index in [-0.39, 0.29) is 17.1 Å². The van der Waals surface area contributed by atoms with Gasteiger partial charge in [0.15, 0.2) is 0 Å². The molecule has 2 aromatic rings. The normalized spacial score (nSPS) is 10.8. The van der Waals surface area contributed by atoms with Crippen LogP contribution in [-0.4, -0.2) is 22.3 Å². The number of hydrogen-bond donors (Lipinski definition) is 3. The van der Waals surface area contributed by atoms with Gasteiger partial charge >= 0.3 is 0 Å². The van der Waals surface area contributed by atoms with Gasteiger partial charge in [-0.25, -0.2) is 5.43 Å². The van der Waals surface area contributed by atoms with Crippen LogP contribution in [0.3, 0.4) is 0 Å². The molecule has 0 unspecified atom stereocenters. The number of amides is 1. The fraction of sp³-hybridized carbons (Fsp3) is 0. The van der Waals surface area contributed by atoms with Crippen LogP contribution in [0.15, 0.2) is 41.5 Å². The second-order valence-corrected chi connectivity index (χ2v) is 4.87. The summed E-state index contributed by atoms with van der Waals surface area (Å²) in [6.45, 7) is 0. The van der Waals surface area contributed by atoms with E-state index in [4.69, 9.17) is 23.2 Å². The van der Waals surface area contributed by atoms with Gasteiger partial charge in [0, 0.05) is 17.2 Å². The number of carbonyl (C=O) groups is 1. The number of carbonyl (C=O) groups excluding carboxylic acids is 1. The van der Waals surface area contributed by atoms with Crippen molar-refractivity contribution in [3.8, 4) is 11.5 Å². The number of halogens is 2.